The molecule has 0 saturated carbocycles. The summed E-state index contributed by atoms with van der Waals surface area (Å²) in [5, 5.41) is 8.68. The number of aryl methyl sites for hydroxylation is 1. The Bertz CT molecular complexity index is 476. The van der Waals surface area contributed by atoms with E-state index in [1.807, 2.05) is 17.9 Å². The molecule has 5 nitrogen and oxygen atoms in total. The molecule has 1 fully saturated rings. The third kappa shape index (κ3) is 3.79. The number of nitrogens with zero attached hydrogens (tertiary/aromatic N) is 2. The van der Waals surface area contributed by atoms with Crippen LogP contribution in [0.2, 0.25) is 0 Å². The summed E-state index contributed by atoms with van der Waals surface area (Å²) in [6.45, 7) is 3.30. The number of amides is 1. The van der Waals surface area contributed by atoms with Crippen LogP contribution in [0, 0.1) is 12.8 Å². The van der Waals surface area contributed by atoms with Gasteiger partial charge in [-0.15, -0.1) is 0 Å². The average molecular weight is 276 g/mol. The Balaban J connectivity index is 1.85. The van der Waals surface area contributed by atoms with Crippen molar-refractivity contribution in [2.45, 2.75) is 32.6 Å². The summed E-state index contributed by atoms with van der Waals surface area (Å²) >= 11 is 0. The summed E-state index contributed by atoms with van der Waals surface area (Å²) in [5.74, 6) is -0.297. The molecule has 1 saturated heterocycles. The van der Waals surface area contributed by atoms with Crippen LogP contribution in [0.25, 0.3) is 0 Å². The first-order valence-electron chi connectivity index (χ1n) is 7.00. The van der Waals surface area contributed by atoms with Crippen LogP contribution < -0.4 is 0 Å². The third-order valence-corrected chi connectivity index (χ3v) is 3.83. The molecule has 2 heterocycles. The summed E-state index contributed by atoms with van der Waals surface area (Å²) in [5.41, 5.74) is 1.52. The molecular formula is C15H20N2O3. The van der Waals surface area contributed by atoms with Gasteiger partial charge in [0.1, 0.15) is 0 Å². The van der Waals surface area contributed by atoms with E-state index in [-0.39, 0.29) is 12.3 Å². The molecular weight excluding hydrogens is 256 g/mol. The highest BCUT2D eigenvalue weighted by Gasteiger charge is 2.23. The molecule has 0 unspecified atom stereocenters. The maximum atomic E-state index is 12.3. The minimum Gasteiger partial charge on any atom is -0.481 e. The number of aliphatic carboxylic acids is 1. The number of hydrogen-bond donors (Lipinski definition) is 1. The number of likely N-dealkylation sites (tertiary alicyclic amines) is 1. The number of hydrogen-bond acceptors (Lipinski definition) is 3. The fourth-order valence-electron chi connectivity index (χ4n) is 2.53. The number of pyridine rings is 1. The lowest BCUT2D eigenvalue weighted by atomic mass is 9.92. The van der Waals surface area contributed by atoms with Crippen molar-refractivity contribution in [3.8, 4) is 0 Å². The topological polar surface area (TPSA) is 70.5 Å². The molecule has 5 heteroatoms. The number of rotatable bonds is 4. The van der Waals surface area contributed by atoms with Gasteiger partial charge in [0.15, 0.2) is 0 Å². The number of carboxylic acids is 1. The van der Waals surface area contributed by atoms with Crippen molar-refractivity contribution in [3.63, 3.8) is 0 Å². The molecule has 0 atom stereocenters. The van der Waals surface area contributed by atoms with Gasteiger partial charge in [0.05, 0.1) is 5.56 Å². The smallest absolute Gasteiger partial charge is 0.303 e. The van der Waals surface area contributed by atoms with Crippen LogP contribution in [0.1, 0.15) is 41.7 Å². The van der Waals surface area contributed by atoms with Gasteiger partial charge in [-0.3, -0.25) is 14.6 Å². The minimum absolute atomic E-state index is 0.0224. The van der Waals surface area contributed by atoms with Crippen LogP contribution in [-0.2, 0) is 4.79 Å². The average Bonchev–Trinajstić information content (AvgIpc) is 2.46. The second-order valence-electron chi connectivity index (χ2n) is 5.36. The minimum atomic E-state index is -0.741. The highest BCUT2D eigenvalue weighted by atomic mass is 16.4. The largest absolute Gasteiger partial charge is 0.481 e. The van der Waals surface area contributed by atoms with E-state index in [1.165, 1.54) is 0 Å². The van der Waals surface area contributed by atoms with Gasteiger partial charge in [0, 0.05) is 31.4 Å². The fourth-order valence-corrected chi connectivity index (χ4v) is 2.53. The van der Waals surface area contributed by atoms with Crippen LogP contribution >= 0.6 is 0 Å². The van der Waals surface area contributed by atoms with Gasteiger partial charge in [0.25, 0.3) is 5.91 Å². The van der Waals surface area contributed by atoms with Crippen molar-refractivity contribution in [1.82, 2.24) is 9.88 Å². The molecule has 0 spiro atoms. The standard InChI is InChI=1S/C15H20N2O3/c1-11-2-4-13(10-16-11)15(20)17-8-6-12(7-9-17)3-5-14(18)19/h2,4,10,12H,3,5-9H2,1H3,(H,18,19). The van der Waals surface area contributed by atoms with Gasteiger partial charge in [-0.1, -0.05) is 0 Å². The zero-order valence-electron chi connectivity index (χ0n) is 11.7. The normalized spacial score (nSPS) is 16.1. The lowest BCUT2D eigenvalue weighted by Crippen LogP contribution is -2.38. The molecule has 0 bridgehead atoms. The predicted octanol–water partition coefficient (Wildman–Crippen LogP) is 2.11. The van der Waals surface area contributed by atoms with E-state index in [9.17, 15) is 9.59 Å². The van der Waals surface area contributed by atoms with Crippen LogP contribution in [0.5, 0.6) is 0 Å². The first kappa shape index (κ1) is 14.5. The van der Waals surface area contributed by atoms with E-state index < -0.39 is 5.97 Å². The molecule has 1 aromatic heterocycles. The Kier molecular flexibility index (Phi) is 4.71. The summed E-state index contributed by atoms with van der Waals surface area (Å²) < 4.78 is 0. The van der Waals surface area contributed by atoms with Crippen LogP contribution in [0.3, 0.4) is 0 Å². The molecule has 1 aliphatic heterocycles. The third-order valence-electron chi connectivity index (χ3n) is 3.83. The lowest BCUT2D eigenvalue weighted by Gasteiger charge is -2.31. The van der Waals surface area contributed by atoms with Crippen molar-refractivity contribution >= 4 is 11.9 Å². The Morgan fingerprint density at radius 3 is 2.60 bits per heavy atom. The predicted molar refractivity (Wildman–Crippen MR) is 74.5 cm³/mol. The molecule has 108 valence electrons. The molecule has 0 radical (unpaired) electrons. The van der Waals surface area contributed by atoms with E-state index in [1.54, 1.807) is 12.3 Å². The Morgan fingerprint density at radius 2 is 2.05 bits per heavy atom. The van der Waals surface area contributed by atoms with Crippen molar-refractivity contribution in [3.05, 3.63) is 29.6 Å². The summed E-state index contributed by atoms with van der Waals surface area (Å²) in [4.78, 5) is 28.8. The number of carbonyl (C=O) groups is 2. The summed E-state index contributed by atoms with van der Waals surface area (Å²) in [6, 6.07) is 3.65. The molecule has 1 aromatic rings. The SMILES string of the molecule is Cc1ccc(C(=O)N2CCC(CCC(=O)O)CC2)cn1. The number of piperidine rings is 1. The lowest BCUT2D eigenvalue weighted by molar-refractivity contribution is -0.137. The van der Waals surface area contributed by atoms with Gasteiger partial charge in [-0.05, 0) is 44.2 Å². The molecule has 2 rings (SSSR count). The summed E-state index contributed by atoms with van der Waals surface area (Å²) in [6.07, 6.45) is 4.33. The van der Waals surface area contributed by atoms with Gasteiger partial charge >= 0.3 is 5.97 Å². The molecule has 1 aliphatic rings. The fraction of sp³-hybridized carbons (Fsp3) is 0.533. The summed E-state index contributed by atoms with van der Waals surface area (Å²) in [7, 11) is 0. The molecule has 20 heavy (non-hydrogen) atoms. The number of carboxylic acid groups (broad SMARTS) is 1. The van der Waals surface area contributed by atoms with E-state index in [4.69, 9.17) is 5.11 Å². The molecule has 1 N–H and O–H groups in total. The Hall–Kier alpha value is -1.91. The second-order valence-corrected chi connectivity index (χ2v) is 5.36. The first-order valence-corrected chi connectivity index (χ1v) is 7.00. The Labute approximate surface area is 118 Å². The zero-order chi connectivity index (χ0) is 14.5. The van der Waals surface area contributed by atoms with Gasteiger partial charge in [0.2, 0.25) is 0 Å². The second kappa shape index (κ2) is 6.50. The van der Waals surface area contributed by atoms with E-state index >= 15 is 0 Å². The Morgan fingerprint density at radius 1 is 1.35 bits per heavy atom. The molecule has 0 aliphatic carbocycles. The zero-order valence-corrected chi connectivity index (χ0v) is 11.7. The quantitative estimate of drug-likeness (QED) is 0.914. The monoisotopic (exact) mass is 276 g/mol. The highest BCUT2D eigenvalue weighted by molar-refractivity contribution is 5.93. The van der Waals surface area contributed by atoms with Crippen molar-refractivity contribution in [1.29, 1.82) is 0 Å². The van der Waals surface area contributed by atoms with Crippen molar-refractivity contribution < 1.29 is 14.7 Å². The first-order chi connectivity index (χ1) is 9.56. The number of carbonyl (C=O) groups excluding carboxylic acids is 1. The van der Waals surface area contributed by atoms with Crippen LogP contribution in [0.15, 0.2) is 18.3 Å². The van der Waals surface area contributed by atoms with Crippen LogP contribution in [0.4, 0.5) is 0 Å². The van der Waals surface area contributed by atoms with Gasteiger partial charge < -0.3 is 10.0 Å². The van der Waals surface area contributed by atoms with Crippen molar-refractivity contribution in [2.75, 3.05) is 13.1 Å². The van der Waals surface area contributed by atoms with Crippen molar-refractivity contribution in [2.24, 2.45) is 5.92 Å². The number of aromatic nitrogens is 1. The van der Waals surface area contributed by atoms with Gasteiger partial charge in [-0.25, -0.2) is 0 Å². The maximum Gasteiger partial charge on any atom is 0.303 e. The van der Waals surface area contributed by atoms with E-state index in [0.717, 1.165) is 18.5 Å². The van der Waals surface area contributed by atoms with Crippen LogP contribution in [-0.4, -0.2) is 40.0 Å². The maximum absolute atomic E-state index is 12.3. The van der Waals surface area contributed by atoms with E-state index in [2.05, 4.69) is 4.98 Å². The highest BCUT2D eigenvalue weighted by Crippen LogP contribution is 2.23. The molecule has 1 amide bonds. The van der Waals surface area contributed by atoms with Gasteiger partial charge in [-0.2, -0.15) is 0 Å². The molecule has 0 aromatic carbocycles. The van der Waals surface area contributed by atoms with E-state index in [0.29, 0.717) is 31.0 Å².